The SMILES string of the molecule is C=C(CCOc1c(F)c(F)c(F)c(F)c1F)OC(=C)CCOc1c(F)c(F)c(F)c(F)c1F. The molecule has 33 heavy (non-hydrogen) atoms. The van der Waals surface area contributed by atoms with Crippen molar-refractivity contribution in [3.05, 3.63) is 82.8 Å². The average molecular weight is 490 g/mol. The van der Waals surface area contributed by atoms with Gasteiger partial charge in [0, 0.05) is 12.8 Å². The van der Waals surface area contributed by atoms with Gasteiger partial charge in [-0.15, -0.1) is 0 Å². The number of rotatable bonds is 10. The van der Waals surface area contributed by atoms with E-state index in [-0.39, 0.29) is 24.4 Å². The largest absolute Gasteiger partial charge is 0.487 e. The molecule has 0 radical (unpaired) electrons. The lowest BCUT2D eigenvalue weighted by molar-refractivity contribution is 0.211. The molecule has 3 nitrogen and oxygen atoms in total. The van der Waals surface area contributed by atoms with E-state index in [1.54, 1.807) is 0 Å². The zero-order chi connectivity index (χ0) is 25.0. The summed E-state index contributed by atoms with van der Waals surface area (Å²) >= 11 is 0. The minimum Gasteiger partial charge on any atom is -0.487 e. The Bertz CT molecular complexity index is 957. The zero-order valence-electron chi connectivity index (χ0n) is 16.2. The first-order valence-electron chi connectivity index (χ1n) is 8.70. The summed E-state index contributed by atoms with van der Waals surface area (Å²) in [7, 11) is 0. The Balaban J connectivity index is 1.86. The fourth-order valence-electron chi connectivity index (χ4n) is 2.26. The number of halogens is 10. The quantitative estimate of drug-likeness (QED) is 0.168. The molecule has 0 aliphatic heterocycles. The summed E-state index contributed by atoms with van der Waals surface area (Å²) in [5.74, 6) is -25.5. The fourth-order valence-corrected chi connectivity index (χ4v) is 2.26. The van der Waals surface area contributed by atoms with Gasteiger partial charge < -0.3 is 14.2 Å². The fraction of sp³-hybridized carbons (Fsp3) is 0.200. The molecule has 0 heterocycles. The summed E-state index contributed by atoms with van der Waals surface area (Å²) in [5.41, 5.74) is 0. The molecular formula is C20H12F10O3. The summed E-state index contributed by atoms with van der Waals surface area (Å²) in [6.45, 7) is 5.51. The van der Waals surface area contributed by atoms with E-state index in [0.29, 0.717) is 0 Å². The second-order valence-corrected chi connectivity index (χ2v) is 6.17. The Labute approximate surface area is 179 Å². The van der Waals surface area contributed by atoms with E-state index < -0.39 is 82.9 Å². The van der Waals surface area contributed by atoms with E-state index in [4.69, 9.17) is 4.74 Å². The molecular weight excluding hydrogens is 478 g/mol. The first-order chi connectivity index (χ1) is 15.4. The van der Waals surface area contributed by atoms with Crippen LogP contribution in [0.4, 0.5) is 43.9 Å². The van der Waals surface area contributed by atoms with Gasteiger partial charge in [-0.1, -0.05) is 13.2 Å². The van der Waals surface area contributed by atoms with Crippen molar-refractivity contribution in [3.8, 4) is 11.5 Å². The molecule has 0 aliphatic carbocycles. The minimum atomic E-state index is -2.35. The highest BCUT2D eigenvalue weighted by atomic mass is 19.2. The van der Waals surface area contributed by atoms with Crippen LogP contribution in [0.1, 0.15) is 12.8 Å². The smallest absolute Gasteiger partial charge is 0.206 e. The average Bonchev–Trinajstić information content (AvgIpc) is 2.78. The van der Waals surface area contributed by atoms with Gasteiger partial charge in [-0.25, -0.2) is 26.3 Å². The normalized spacial score (nSPS) is 10.8. The van der Waals surface area contributed by atoms with Gasteiger partial charge in [0.05, 0.1) is 24.7 Å². The van der Waals surface area contributed by atoms with E-state index in [1.165, 1.54) is 0 Å². The van der Waals surface area contributed by atoms with E-state index >= 15 is 0 Å². The maximum absolute atomic E-state index is 13.5. The second kappa shape index (κ2) is 10.5. The summed E-state index contributed by atoms with van der Waals surface area (Å²) in [6, 6.07) is 0. The predicted octanol–water partition coefficient (Wildman–Crippen LogP) is 6.36. The summed E-state index contributed by atoms with van der Waals surface area (Å²) < 4.78 is 146. The molecule has 2 aromatic carbocycles. The predicted molar refractivity (Wildman–Crippen MR) is 92.1 cm³/mol. The van der Waals surface area contributed by atoms with E-state index in [9.17, 15) is 43.9 Å². The lowest BCUT2D eigenvalue weighted by Gasteiger charge is -2.14. The van der Waals surface area contributed by atoms with E-state index in [1.807, 2.05) is 0 Å². The third-order valence-corrected chi connectivity index (χ3v) is 3.88. The zero-order valence-corrected chi connectivity index (χ0v) is 16.2. The number of benzene rings is 2. The van der Waals surface area contributed by atoms with Gasteiger partial charge in [0.2, 0.25) is 58.2 Å². The van der Waals surface area contributed by atoms with Crippen molar-refractivity contribution in [3.63, 3.8) is 0 Å². The van der Waals surface area contributed by atoms with Gasteiger partial charge in [-0.2, -0.15) is 17.6 Å². The van der Waals surface area contributed by atoms with E-state index in [0.717, 1.165) is 0 Å². The molecule has 0 N–H and O–H groups in total. The van der Waals surface area contributed by atoms with Crippen molar-refractivity contribution in [2.45, 2.75) is 12.8 Å². The Kier molecular flexibility index (Phi) is 8.23. The maximum Gasteiger partial charge on any atom is 0.206 e. The van der Waals surface area contributed by atoms with Gasteiger partial charge in [-0.05, 0) is 0 Å². The molecule has 0 saturated heterocycles. The Morgan fingerprint density at radius 3 is 0.970 bits per heavy atom. The van der Waals surface area contributed by atoms with Gasteiger partial charge in [0.15, 0.2) is 11.5 Å². The number of hydrogen-bond donors (Lipinski definition) is 0. The van der Waals surface area contributed by atoms with Gasteiger partial charge in [0.1, 0.15) is 0 Å². The maximum atomic E-state index is 13.5. The van der Waals surface area contributed by atoms with Crippen LogP contribution in [0.2, 0.25) is 0 Å². The molecule has 2 rings (SSSR count). The van der Waals surface area contributed by atoms with Crippen LogP contribution in [0.3, 0.4) is 0 Å². The molecule has 0 amide bonds. The van der Waals surface area contributed by atoms with Crippen LogP contribution in [-0.4, -0.2) is 13.2 Å². The molecule has 180 valence electrons. The molecule has 0 fully saturated rings. The molecule has 0 unspecified atom stereocenters. The number of hydrogen-bond acceptors (Lipinski definition) is 3. The van der Waals surface area contributed by atoms with Crippen molar-refractivity contribution in [2.75, 3.05) is 13.2 Å². The summed E-state index contributed by atoms with van der Waals surface area (Å²) in [6.07, 6.45) is -0.645. The van der Waals surface area contributed by atoms with Gasteiger partial charge in [0.25, 0.3) is 0 Å². The molecule has 0 bridgehead atoms. The molecule has 0 aliphatic rings. The third kappa shape index (κ3) is 5.52. The highest BCUT2D eigenvalue weighted by molar-refractivity contribution is 5.30. The summed E-state index contributed by atoms with van der Waals surface area (Å²) in [5, 5.41) is 0. The Morgan fingerprint density at radius 2 is 0.697 bits per heavy atom. The Hall–Kier alpha value is -3.38. The molecule has 0 aromatic heterocycles. The van der Waals surface area contributed by atoms with Crippen LogP contribution in [0, 0.1) is 58.2 Å². The monoisotopic (exact) mass is 490 g/mol. The van der Waals surface area contributed by atoms with Crippen LogP contribution in [0.5, 0.6) is 11.5 Å². The second-order valence-electron chi connectivity index (χ2n) is 6.17. The van der Waals surface area contributed by atoms with Crippen molar-refractivity contribution < 1.29 is 58.1 Å². The van der Waals surface area contributed by atoms with Crippen molar-refractivity contribution >= 4 is 0 Å². The van der Waals surface area contributed by atoms with Crippen molar-refractivity contribution in [1.82, 2.24) is 0 Å². The summed E-state index contributed by atoms with van der Waals surface area (Å²) in [4.78, 5) is 0. The van der Waals surface area contributed by atoms with Gasteiger partial charge >= 0.3 is 0 Å². The van der Waals surface area contributed by atoms with Crippen LogP contribution >= 0.6 is 0 Å². The van der Waals surface area contributed by atoms with Crippen molar-refractivity contribution in [1.29, 1.82) is 0 Å². The molecule has 0 atom stereocenters. The lowest BCUT2D eigenvalue weighted by Crippen LogP contribution is -2.10. The van der Waals surface area contributed by atoms with Crippen LogP contribution in [0.25, 0.3) is 0 Å². The van der Waals surface area contributed by atoms with Crippen LogP contribution in [-0.2, 0) is 4.74 Å². The highest BCUT2D eigenvalue weighted by Crippen LogP contribution is 2.30. The van der Waals surface area contributed by atoms with Crippen LogP contribution < -0.4 is 9.47 Å². The van der Waals surface area contributed by atoms with Gasteiger partial charge in [-0.3, -0.25) is 0 Å². The minimum absolute atomic E-state index is 0.167. The van der Waals surface area contributed by atoms with Crippen LogP contribution in [0.15, 0.2) is 24.7 Å². The molecule has 13 heteroatoms. The molecule has 0 saturated carbocycles. The molecule has 2 aromatic rings. The van der Waals surface area contributed by atoms with Crippen molar-refractivity contribution in [2.24, 2.45) is 0 Å². The van der Waals surface area contributed by atoms with E-state index in [2.05, 4.69) is 22.6 Å². The molecule has 0 spiro atoms. The third-order valence-electron chi connectivity index (χ3n) is 3.88. The first kappa shape index (κ1) is 25.9. The first-order valence-corrected chi connectivity index (χ1v) is 8.70. The number of ether oxygens (including phenoxy) is 3. The standard InChI is InChI=1S/C20H12F10O3/c1-7(3-5-31-19-15(27)11(23)9(21)12(24)16(19)28)33-8(2)4-6-32-20-17(29)13(25)10(22)14(26)18(20)30/h1-6H2. The lowest BCUT2D eigenvalue weighted by atomic mass is 10.2. The topological polar surface area (TPSA) is 27.7 Å². The highest BCUT2D eigenvalue weighted by Gasteiger charge is 2.28. The Morgan fingerprint density at radius 1 is 0.455 bits per heavy atom.